The molecule has 0 aromatic heterocycles. The number of rotatable bonds is 8. The summed E-state index contributed by atoms with van der Waals surface area (Å²) in [4.78, 5) is 24.9. The molecule has 0 saturated carbocycles. The minimum atomic E-state index is -3.62. The summed E-state index contributed by atoms with van der Waals surface area (Å²) in [6.07, 6.45) is 0. The van der Waals surface area contributed by atoms with E-state index in [1.54, 1.807) is 61.5 Å². The summed E-state index contributed by atoms with van der Waals surface area (Å²) in [6.45, 7) is 1.50. The first kappa shape index (κ1) is 23.2. The van der Waals surface area contributed by atoms with Gasteiger partial charge in [0.2, 0.25) is 10.0 Å². The minimum Gasteiger partial charge on any atom is -0.484 e. The van der Waals surface area contributed by atoms with Crippen LogP contribution in [-0.2, 0) is 14.8 Å². The van der Waals surface area contributed by atoms with Crippen LogP contribution >= 0.6 is 0 Å². The number of nitrogens with zero attached hydrogens (tertiary/aromatic N) is 1. The Morgan fingerprint density at radius 1 is 0.906 bits per heavy atom. The van der Waals surface area contributed by atoms with Crippen molar-refractivity contribution < 1.29 is 22.7 Å². The number of aryl methyl sites for hydroxylation is 1. The van der Waals surface area contributed by atoms with Crippen molar-refractivity contribution in [3.05, 3.63) is 89.5 Å². The fourth-order valence-corrected chi connectivity index (χ4v) is 3.83. The maximum absolute atomic E-state index is 12.4. The molecule has 0 radical (unpaired) electrons. The predicted molar refractivity (Wildman–Crippen MR) is 122 cm³/mol. The Morgan fingerprint density at radius 3 is 2.16 bits per heavy atom. The highest BCUT2D eigenvalue weighted by atomic mass is 32.2. The van der Waals surface area contributed by atoms with Crippen LogP contribution in [0.2, 0.25) is 0 Å². The minimum absolute atomic E-state index is 0.0861. The van der Waals surface area contributed by atoms with Gasteiger partial charge >= 0.3 is 0 Å². The first-order chi connectivity index (χ1) is 15.2. The molecule has 3 aromatic rings. The van der Waals surface area contributed by atoms with Crippen molar-refractivity contribution in [2.75, 3.05) is 26.0 Å². The molecule has 3 aromatic carbocycles. The largest absolute Gasteiger partial charge is 0.484 e. The number of ketones is 1. The molecule has 32 heavy (non-hydrogen) atoms. The summed E-state index contributed by atoms with van der Waals surface area (Å²) in [5.74, 6) is -0.0970. The van der Waals surface area contributed by atoms with Crippen LogP contribution in [0.25, 0.3) is 0 Å². The molecular weight excluding hydrogens is 428 g/mol. The van der Waals surface area contributed by atoms with Crippen LogP contribution < -0.4 is 10.1 Å². The van der Waals surface area contributed by atoms with Crippen molar-refractivity contribution in [3.8, 4) is 5.75 Å². The summed E-state index contributed by atoms with van der Waals surface area (Å²) < 4.78 is 31.3. The van der Waals surface area contributed by atoms with Gasteiger partial charge in [-0.1, -0.05) is 36.4 Å². The molecule has 0 heterocycles. The van der Waals surface area contributed by atoms with Crippen LogP contribution in [0.5, 0.6) is 5.75 Å². The fourth-order valence-electron chi connectivity index (χ4n) is 2.90. The lowest BCUT2D eigenvalue weighted by molar-refractivity contribution is -0.118. The van der Waals surface area contributed by atoms with E-state index in [0.717, 1.165) is 9.87 Å². The second kappa shape index (κ2) is 9.76. The second-order valence-electron chi connectivity index (χ2n) is 7.32. The first-order valence-corrected chi connectivity index (χ1v) is 11.3. The summed E-state index contributed by atoms with van der Waals surface area (Å²) in [5.41, 5.74) is 2.22. The van der Waals surface area contributed by atoms with Crippen molar-refractivity contribution in [3.63, 3.8) is 0 Å². The fraction of sp³-hybridized carbons (Fsp3) is 0.167. The average molecular weight is 453 g/mol. The van der Waals surface area contributed by atoms with Crippen molar-refractivity contribution in [1.82, 2.24) is 4.31 Å². The Morgan fingerprint density at radius 2 is 1.53 bits per heavy atom. The standard InChI is InChI=1S/C24H24N2O5S/c1-17-9-14-21(32(29,30)26(2)3)15-22(17)25-23(27)16-31-20-12-10-19(11-13-20)24(28)18-7-5-4-6-8-18/h4-15H,16H2,1-3H3,(H,25,27). The quantitative estimate of drug-likeness (QED) is 0.528. The van der Waals surface area contributed by atoms with Crippen LogP contribution in [0.15, 0.2) is 77.7 Å². The number of benzene rings is 3. The van der Waals surface area contributed by atoms with E-state index in [0.29, 0.717) is 22.6 Å². The molecule has 0 unspecified atom stereocenters. The molecule has 0 atom stereocenters. The Bertz CT molecular complexity index is 1220. The average Bonchev–Trinajstić information content (AvgIpc) is 2.79. The normalized spacial score (nSPS) is 11.2. The number of carbonyl (C=O) groups excluding carboxylic acids is 2. The van der Waals surface area contributed by atoms with Gasteiger partial charge in [-0.2, -0.15) is 0 Å². The lowest BCUT2D eigenvalue weighted by Gasteiger charge is -2.14. The molecule has 1 amide bonds. The van der Waals surface area contributed by atoms with Crippen molar-refractivity contribution in [2.45, 2.75) is 11.8 Å². The number of anilines is 1. The van der Waals surface area contributed by atoms with Crippen LogP contribution in [0.1, 0.15) is 21.5 Å². The molecule has 0 saturated heterocycles. The van der Waals surface area contributed by atoms with Crippen molar-refractivity contribution in [2.24, 2.45) is 0 Å². The van der Waals surface area contributed by atoms with E-state index < -0.39 is 15.9 Å². The number of nitrogens with one attached hydrogen (secondary N) is 1. The van der Waals surface area contributed by atoms with Gasteiger partial charge in [-0.15, -0.1) is 0 Å². The highest BCUT2D eigenvalue weighted by Gasteiger charge is 2.19. The lowest BCUT2D eigenvalue weighted by atomic mass is 10.0. The molecule has 0 aliphatic carbocycles. The number of sulfonamides is 1. The zero-order valence-electron chi connectivity index (χ0n) is 18.0. The van der Waals surface area contributed by atoms with E-state index in [1.165, 1.54) is 26.2 Å². The smallest absolute Gasteiger partial charge is 0.262 e. The van der Waals surface area contributed by atoms with Crippen LogP contribution in [-0.4, -0.2) is 45.1 Å². The number of hydrogen-bond donors (Lipinski definition) is 1. The molecule has 3 rings (SSSR count). The number of carbonyl (C=O) groups is 2. The number of hydrogen-bond acceptors (Lipinski definition) is 5. The van der Waals surface area contributed by atoms with Gasteiger partial charge in [0, 0.05) is 30.9 Å². The monoisotopic (exact) mass is 452 g/mol. The molecule has 0 bridgehead atoms. The Kier molecular flexibility index (Phi) is 7.07. The van der Waals surface area contributed by atoms with Crippen LogP contribution in [0.3, 0.4) is 0 Å². The molecule has 0 aliphatic heterocycles. The molecule has 1 N–H and O–H groups in total. The van der Waals surface area contributed by atoms with Gasteiger partial charge < -0.3 is 10.1 Å². The highest BCUT2D eigenvalue weighted by molar-refractivity contribution is 7.89. The summed E-state index contributed by atoms with van der Waals surface area (Å²) in [6, 6.07) is 20.0. The highest BCUT2D eigenvalue weighted by Crippen LogP contribution is 2.22. The molecule has 7 nitrogen and oxygen atoms in total. The van der Waals surface area contributed by atoms with Gasteiger partial charge in [0.25, 0.3) is 5.91 Å². The van der Waals surface area contributed by atoms with Gasteiger partial charge in [-0.05, 0) is 48.9 Å². The van der Waals surface area contributed by atoms with Gasteiger partial charge in [-0.3, -0.25) is 9.59 Å². The van der Waals surface area contributed by atoms with Crippen molar-refractivity contribution in [1.29, 1.82) is 0 Å². The summed E-state index contributed by atoms with van der Waals surface area (Å²) in [5, 5.41) is 2.68. The van der Waals surface area contributed by atoms with E-state index in [-0.39, 0.29) is 17.3 Å². The molecule has 0 spiro atoms. The summed E-state index contributed by atoms with van der Waals surface area (Å²) in [7, 11) is -0.726. The van der Waals surface area contributed by atoms with Crippen LogP contribution in [0, 0.1) is 6.92 Å². The Labute approximate surface area is 187 Å². The molecule has 166 valence electrons. The van der Waals surface area contributed by atoms with Gasteiger partial charge in [0.05, 0.1) is 4.90 Å². The Balaban J connectivity index is 1.62. The first-order valence-electron chi connectivity index (χ1n) is 9.84. The van der Waals surface area contributed by atoms with Gasteiger partial charge in [-0.25, -0.2) is 12.7 Å². The second-order valence-corrected chi connectivity index (χ2v) is 9.47. The zero-order valence-corrected chi connectivity index (χ0v) is 18.8. The molecule has 0 aliphatic rings. The Hall–Kier alpha value is -3.49. The predicted octanol–water partition coefficient (Wildman–Crippen LogP) is 3.49. The van der Waals surface area contributed by atoms with E-state index in [1.807, 2.05) is 6.07 Å². The van der Waals surface area contributed by atoms with Crippen molar-refractivity contribution >= 4 is 27.4 Å². The molecule has 0 fully saturated rings. The zero-order chi connectivity index (χ0) is 23.3. The van der Waals surface area contributed by atoms with Gasteiger partial charge in [0.1, 0.15) is 5.75 Å². The maximum Gasteiger partial charge on any atom is 0.262 e. The van der Waals surface area contributed by atoms with Gasteiger partial charge in [0.15, 0.2) is 12.4 Å². The lowest BCUT2D eigenvalue weighted by Crippen LogP contribution is -2.23. The molecular formula is C24H24N2O5S. The third kappa shape index (κ3) is 5.40. The molecule has 8 heteroatoms. The number of amides is 1. The summed E-state index contributed by atoms with van der Waals surface area (Å²) >= 11 is 0. The topological polar surface area (TPSA) is 92.8 Å². The third-order valence-electron chi connectivity index (χ3n) is 4.78. The van der Waals surface area contributed by atoms with E-state index in [4.69, 9.17) is 4.74 Å². The van der Waals surface area contributed by atoms with E-state index in [2.05, 4.69) is 5.32 Å². The number of ether oxygens (including phenoxy) is 1. The van der Waals surface area contributed by atoms with E-state index >= 15 is 0 Å². The van der Waals surface area contributed by atoms with Crippen LogP contribution in [0.4, 0.5) is 5.69 Å². The SMILES string of the molecule is Cc1ccc(S(=O)(=O)N(C)C)cc1NC(=O)COc1ccc(C(=O)c2ccccc2)cc1. The van der Waals surface area contributed by atoms with E-state index in [9.17, 15) is 18.0 Å². The maximum atomic E-state index is 12.4. The third-order valence-corrected chi connectivity index (χ3v) is 6.60.